The zero-order valence-corrected chi connectivity index (χ0v) is 14.8. The number of methoxy groups -OCH3 is 1. The van der Waals surface area contributed by atoms with Gasteiger partial charge in [0, 0.05) is 28.6 Å². The lowest BCUT2D eigenvalue weighted by atomic mass is 9.93. The number of ether oxygens (including phenoxy) is 1. The molecular weight excluding hydrogens is 352 g/mol. The second kappa shape index (κ2) is 6.40. The van der Waals surface area contributed by atoms with E-state index in [1.165, 1.54) is 0 Å². The lowest BCUT2D eigenvalue weighted by Crippen LogP contribution is -2.38. The summed E-state index contributed by atoms with van der Waals surface area (Å²) < 4.78 is 11.1. The van der Waals surface area contributed by atoms with Gasteiger partial charge < -0.3 is 14.1 Å². The number of carbonyl (C=O) groups is 1. The highest BCUT2D eigenvalue weighted by Crippen LogP contribution is 2.38. The van der Waals surface area contributed by atoms with Crippen LogP contribution in [0.5, 0.6) is 5.75 Å². The molecule has 2 heterocycles. The number of carbonyl (C=O) groups excluding carboxylic acids is 1. The minimum absolute atomic E-state index is 0.0797. The highest BCUT2D eigenvalue weighted by molar-refractivity contribution is 6.31. The first-order valence-corrected chi connectivity index (χ1v) is 8.54. The summed E-state index contributed by atoms with van der Waals surface area (Å²) in [5.74, 6) is 0.341. The van der Waals surface area contributed by atoms with E-state index < -0.39 is 0 Å². The van der Waals surface area contributed by atoms with Crippen LogP contribution in [0.25, 0.3) is 22.1 Å². The number of nitriles is 1. The van der Waals surface area contributed by atoms with E-state index in [1.807, 2.05) is 30.3 Å². The summed E-state index contributed by atoms with van der Waals surface area (Å²) in [5, 5.41) is 10.5. The summed E-state index contributed by atoms with van der Waals surface area (Å²) in [5.41, 5.74) is 4.00. The Balaban J connectivity index is 1.85. The number of hydrogen-bond acceptors (Lipinski definition) is 4. The van der Waals surface area contributed by atoms with Gasteiger partial charge in [0.2, 0.25) is 0 Å². The molecule has 4 rings (SSSR count). The third-order valence-electron chi connectivity index (χ3n) is 4.67. The molecule has 0 fully saturated rings. The Morgan fingerprint density at radius 3 is 2.96 bits per heavy atom. The highest BCUT2D eigenvalue weighted by atomic mass is 35.5. The predicted octanol–water partition coefficient (Wildman–Crippen LogP) is 4.28. The summed E-state index contributed by atoms with van der Waals surface area (Å²) in [4.78, 5) is 14.2. The molecule has 0 bridgehead atoms. The van der Waals surface area contributed by atoms with Crippen molar-refractivity contribution in [2.75, 3.05) is 20.2 Å². The first-order chi connectivity index (χ1) is 12.6. The summed E-state index contributed by atoms with van der Waals surface area (Å²) >= 11 is 6.03. The molecule has 0 saturated carbocycles. The van der Waals surface area contributed by atoms with Gasteiger partial charge in [-0.25, -0.2) is 0 Å². The van der Waals surface area contributed by atoms with Crippen LogP contribution in [0.15, 0.2) is 41.0 Å². The standard InChI is InChI=1S/C20H15ClN2O3/c1-25-18-9-13(16-11-26-17-10-14(21)2-3-15(16)17)8-12-4-6-23(7-5-22)20(24)19(12)18/h2-3,8-11H,4,6-7H2,1H3. The van der Waals surface area contributed by atoms with E-state index in [1.54, 1.807) is 24.3 Å². The Bertz CT molecular complexity index is 1050. The molecule has 130 valence electrons. The third kappa shape index (κ3) is 2.59. The van der Waals surface area contributed by atoms with Gasteiger partial charge in [-0.15, -0.1) is 0 Å². The summed E-state index contributed by atoms with van der Waals surface area (Å²) in [6.45, 7) is 0.601. The molecule has 0 aliphatic carbocycles. The minimum atomic E-state index is -0.167. The predicted molar refractivity (Wildman–Crippen MR) is 98.4 cm³/mol. The van der Waals surface area contributed by atoms with Crippen LogP contribution in [0.3, 0.4) is 0 Å². The molecule has 5 nitrogen and oxygen atoms in total. The molecule has 3 aromatic rings. The molecule has 1 amide bonds. The van der Waals surface area contributed by atoms with Crippen LogP contribution < -0.4 is 4.74 Å². The van der Waals surface area contributed by atoms with Crippen molar-refractivity contribution in [1.82, 2.24) is 4.90 Å². The molecule has 6 heteroatoms. The number of rotatable bonds is 3. The maximum absolute atomic E-state index is 12.7. The van der Waals surface area contributed by atoms with E-state index in [0.29, 0.717) is 34.9 Å². The van der Waals surface area contributed by atoms with Gasteiger partial charge in [-0.05, 0) is 41.8 Å². The Kier molecular flexibility index (Phi) is 4.06. The Labute approximate surface area is 155 Å². The number of hydrogen-bond donors (Lipinski definition) is 0. The van der Waals surface area contributed by atoms with Crippen molar-refractivity contribution in [3.8, 4) is 22.9 Å². The van der Waals surface area contributed by atoms with Crippen LogP contribution in [0.1, 0.15) is 15.9 Å². The van der Waals surface area contributed by atoms with Crippen molar-refractivity contribution in [1.29, 1.82) is 5.26 Å². The van der Waals surface area contributed by atoms with Crippen molar-refractivity contribution in [3.05, 3.63) is 52.7 Å². The maximum atomic E-state index is 12.7. The van der Waals surface area contributed by atoms with Crippen molar-refractivity contribution < 1.29 is 13.9 Å². The first kappa shape index (κ1) is 16.5. The molecule has 1 aromatic heterocycles. The largest absolute Gasteiger partial charge is 0.496 e. The smallest absolute Gasteiger partial charge is 0.258 e. The van der Waals surface area contributed by atoms with Crippen LogP contribution in [0, 0.1) is 11.3 Å². The monoisotopic (exact) mass is 366 g/mol. The molecule has 0 radical (unpaired) electrons. The SMILES string of the molecule is COc1cc(-c2coc3cc(Cl)ccc23)cc2c1C(=O)N(CC#N)CC2. The average molecular weight is 367 g/mol. The van der Waals surface area contributed by atoms with E-state index in [0.717, 1.165) is 22.1 Å². The van der Waals surface area contributed by atoms with E-state index in [9.17, 15) is 4.79 Å². The van der Waals surface area contributed by atoms with Gasteiger partial charge in [-0.1, -0.05) is 11.6 Å². The fourth-order valence-electron chi connectivity index (χ4n) is 3.41. The number of benzene rings is 2. The summed E-state index contributed by atoms with van der Waals surface area (Å²) in [7, 11) is 1.54. The lowest BCUT2D eigenvalue weighted by molar-refractivity contribution is 0.0757. The second-order valence-corrected chi connectivity index (χ2v) is 6.57. The summed E-state index contributed by atoms with van der Waals surface area (Å²) in [6.07, 6.45) is 2.36. The minimum Gasteiger partial charge on any atom is -0.496 e. The van der Waals surface area contributed by atoms with Crippen molar-refractivity contribution in [3.63, 3.8) is 0 Å². The van der Waals surface area contributed by atoms with E-state index >= 15 is 0 Å². The second-order valence-electron chi connectivity index (χ2n) is 6.14. The van der Waals surface area contributed by atoms with Gasteiger partial charge in [-0.3, -0.25) is 4.79 Å². The van der Waals surface area contributed by atoms with Gasteiger partial charge in [-0.2, -0.15) is 5.26 Å². The molecule has 0 atom stereocenters. The average Bonchev–Trinajstić information content (AvgIpc) is 3.06. The van der Waals surface area contributed by atoms with Gasteiger partial charge in [0.1, 0.15) is 17.9 Å². The molecular formula is C20H15ClN2O3. The molecule has 1 aliphatic rings. The number of halogens is 1. The van der Waals surface area contributed by atoms with Crippen LogP contribution in [0.4, 0.5) is 0 Å². The molecule has 0 unspecified atom stereocenters. The van der Waals surface area contributed by atoms with Crippen LogP contribution in [-0.2, 0) is 6.42 Å². The Morgan fingerprint density at radius 1 is 1.35 bits per heavy atom. The fourth-order valence-corrected chi connectivity index (χ4v) is 3.57. The number of amides is 1. The number of fused-ring (bicyclic) bond motifs is 2. The van der Waals surface area contributed by atoms with Crippen LogP contribution in [0.2, 0.25) is 5.02 Å². The fraction of sp³-hybridized carbons (Fsp3) is 0.200. The molecule has 0 saturated heterocycles. The van der Waals surface area contributed by atoms with E-state index in [4.69, 9.17) is 26.0 Å². The van der Waals surface area contributed by atoms with Gasteiger partial charge >= 0.3 is 0 Å². The molecule has 0 spiro atoms. The number of nitrogens with zero attached hydrogens (tertiary/aromatic N) is 2. The van der Waals surface area contributed by atoms with Gasteiger partial charge in [0.25, 0.3) is 5.91 Å². The first-order valence-electron chi connectivity index (χ1n) is 8.16. The van der Waals surface area contributed by atoms with E-state index in [2.05, 4.69) is 0 Å². The van der Waals surface area contributed by atoms with Crippen molar-refractivity contribution in [2.24, 2.45) is 0 Å². The van der Waals surface area contributed by atoms with Crippen LogP contribution >= 0.6 is 11.6 Å². The van der Waals surface area contributed by atoms with Crippen molar-refractivity contribution >= 4 is 28.5 Å². The maximum Gasteiger partial charge on any atom is 0.258 e. The normalized spacial score (nSPS) is 13.6. The molecule has 1 aliphatic heterocycles. The molecule has 0 N–H and O–H groups in total. The highest BCUT2D eigenvalue weighted by Gasteiger charge is 2.28. The van der Waals surface area contributed by atoms with Gasteiger partial charge in [0.15, 0.2) is 0 Å². The third-order valence-corrected chi connectivity index (χ3v) is 4.90. The van der Waals surface area contributed by atoms with E-state index in [-0.39, 0.29) is 12.5 Å². The molecule has 26 heavy (non-hydrogen) atoms. The number of furan rings is 1. The van der Waals surface area contributed by atoms with Crippen molar-refractivity contribution in [2.45, 2.75) is 6.42 Å². The topological polar surface area (TPSA) is 66.5 Å². The van der Waals surface area contributed by atoms with Gasteiger partial charge in [0.05, 0.1) is 25.0 Å². The lowest BCUT2D eigenvalue weighted by Gasteiger charge is -2.28. The van der Waals surface area contributed by atoms with Crippen LogP contribution in [-0.4, -0.2) is 31.0 Å². The zero-order valence-electron chi connectivity index (χ0n) is 14.1. The molecule has 2 aromatic carbocycles. The zero-order chi connectivity index (χ0) is 18.3. The Morgan fingerprint density at radius 2 is 2.19 bits per heavy atom. The quantitative estimate of drug-likeness (QED) is 0.649. The summed E-state index contributed by atoms with van der Waals surface area (Å²) in [6, 6.07) is 11.4. The Hall–Kier alpha value is -2.97.